The van der Waals surface area contributed by atoms with Crippen molar-refractivity contribution in [3.8, 4) is 0 Å². The molecule has 2 aromatic rings. The monoisotopic (exact) mass is 355 g/mol. The van der Waals surface area contributed by atoms with Gasteiger partial charge in [-0.25, -0.2) is 4.98 Å². The zero-order valence-electron chi connectivity index (χ0n) is 15.2. The van der Waals surface area contributed by atoms with Gasteiger partial charge in [0.05, 0.1) is 0 Å². The highest BCUT2D eigenvalue weighted by Gasteiger charge is 2.24. The number of piperazine rings is 1. The Morgan fingerprint density at radius 3 is 2.35 bits per heavy atom. The van der Waals surface area contributed by atoms with Crippen molar-refractivity contribution in [2.45, 2.75) is 32.7 Å². The van der Waals surface area contributed by atoms with E-state index in [1.807, 2.05) is 34.1 Å². The van der Waals surface area contributed by atoms with Crippen molar-refractivity contribution in [1.29, 1.82) is 0 Å². The van der Waals surface area contributed by atoms with E-state index in [0.29, 0.717) is 39.1 Å². The van der Waals surface area contributed by atoms with Crippen molar-refractivity contribution in [3.63, 3.8) is 0 Å². The van der Waals surface area contributed by atoms with E-state index in [0.717, 1.165) is 18.4 Å². The molecule has 1 saturated heterocycles. The summed E-state index contributed by atoms with van der Waals surface area (Å²) in [5, 5.41) is 4.03. The molecule has 1 aromatic carbocycles. The summed E-state index contributed by atoms with van der Waals surface area (Å²) in [7, 11) is 0. The summed E-state index contributed by atoms with van der Waals surface area (Å²) in [4.78, 5) is 32.5. The molecule has 1 aliphatic rings. The second-order valence-corrected chi connectivity index (χ2v) is 6.49. The number of carbonyl (C=O) groups excluding carboxylic acids is 2. The predicted molar refractivity (Wildman–Crippen MR) is 97.6 cm³/mol. The normalized spacial score (nSPS) is 14.5. The van der Waals surface area contributed by atoms with E-state index >= 15 is 0 Å². The highest BCUT2D eigenvalue weighted by Crippen LogP contribution is 2.12. The van der Waals surface area contributed by atoms with Gasteiger partial charge in [0.1, 0.15) is 12.7 Å². The summed E-state index contributed by atoms with van der Waals surface area (Å²) in [6, 6.07) is 7.79. The lowest BCUT2D eigenvalue weighted by Gasteiger charge is -2.35. The van der Waals surface area contributed by atoms with Crippen molar-refractivity contribution in [1.82, 2.24) is 24.6 Å². The van der Waals surface area contributed by atoms with Gasteiger partial charge < -0.3 is 9.80 Å². The van der Waals surface area contributed by atoms with Crippen molar-refractivity contribution >= 4 is 11.8 Å². The second-order valence-electron chi connectivity index (χ2n) is 6.49. The summed E-state index contributed by atoms with van der Waals surface area (Å²) >= 11 is 0. The first-order chi connectivity index (χ1) is 12.7. The molecule has 0 bridgehead atoms. The van der Waals surface area contributed by atoms with Crippen LogP contribution in [0.4, 0.5) is 0 Å². The number of hydrogen-bond donors (Lipinski definition) is 0. The van der Waals surface area contributed by atoms with Crippen LogP contribution in [-0.2, 0) is 17.8 Å². The first kappa shape index (κ1) is 18.1. The molecule has 7 heteroatoms. The maximum absolute atomic E-state index is 12.6. The van der Waals surface area contributed by atoms with Gasteiger partial charge in [-0.2, -0.15) is 5.10 Å². The van der Waals surface area contributed by atoms with Crippen LogP contribution in [0.3, 0.4) is 0 Å². The van der Waals surface area contributed by atoms with Crippen LogP contribution in [0, 0.1) is 0 Å². The molecule has 0 radical (unpaired) electrons. The van der Waals surface area contributed by atoms with Crippen molar-refractivity contribution in [3.05, 3.63) is 48.0 Å². The van der Waals surface area contributed by atoms with E-state index in [9.17, 15) is 9.59 Å². The molecule has 2 amide bonds. The third-order valence-electron chi connectivity index (χ3n) is 4.77. The van der Waals surface area contributed by atoms with Crippen molar-refractivity contribution in [2.24, 2.45) is 0 Å². The SMILES string of the molecule is CCc1ccc(C(=O)N2CCN(C(=O)CCCn3cncn3)CC2)cc1. The molecule has 0 spiro atoms. The molecular formula is C19H25N5O2. The fraction of sp³-hybridized carbons (Fsp3) is 0.474. The largest absolute Gasteiger partial charge is 0.339 e. The van der Waals surface area contributed by atoms with Crippen molar-refractivity contribution in [2.75, 3.05) is 26.2 Å². The van der Waals surface area contributed by atoms with Gasteiger partial charge in [0, 0.05) is 44.7 Å². The Labute approximate surface area is 153 Å². The van der Waals surface area contributed by atoms with Gasteiger partial charge in [-0.3, -0.25) is 14.3 Å². The fourth-order valence-electron chi connectivity index (χ4n) is 3.12. The van der Waals surface area contributed by atoms with E-state index in [4.69, 9.17) is 0 Å². The molecular weight excluding hydrogens is 330 g/mol. The Morgan fingerprint density at radius 2 is 1.73 bits per heavy atom. The van der Waals surface area contributed by atoms with E-state index in [2.05, 4.69) is 17.0 Å². The van der Waals surface area contributed by atoms with Crippen LogP contribution in [0.2, 0.25) is 0 Å². The average molecular weight is 355 g/mol. The molecule has 0 saturated carbocycles. The van der Waals surface area contributed by atoms with Gasteiger partial charge in [0.25, 0.3) is 5.91 Å². The van der Waals surface area contributed by atoms with Gasteiger partial charge in [0.2, 0.25) is 5.91 Å². The predicted octanol–water partition coefficient (Wildman–Crippen LogP) is 1.61. The van der Waals surface area contributed by atoms with Crippen molar-refractivity contribution < 1.29 is 9.59 Å². The van der Waals surface area contributed by atoms with Gasteiger partial charge in [-0.15, -0.1) is 0 Å². The maximum Gasteiger partial charge on any atom is 0.253 e. The minimum Gasteiger partial charge on any atom is -0.339 e. The molecule has 7 nitrogen and oxygen atoms in total. The summed E-state index contributed by atoms with van der Waals surface area (Å²) in [5.41, 5.74) is 1.94. The lowest BCUT2D eigenvalue weighted by molar-refractivity contribution is -0.132. The molecule has 138 valence electrons. The van der Waals surface area contributed by atoms with E-state index in [-0.39, 0.29) is 11.8 Å². The van der Waals surface area contributed by atoms with Crippen LogP contribution in [0.15, 0.2) is 36.9 Å². The summed E-state index contributed by atoms with van der Waals surface area (Å²) < 4.78 is 1.73. The third kappa shape index (κ3) is 4.47. The number of hydrogen-bond acceptors (Lipinski definition) is 4. The molecule has 0 aliphatic carbocycles. The average Bonchev–Trinajstić information content (AvgIpc) is 3.21. The Morgan fingerprint density at radius 1 is 1.04 bits per heavy atom. The number of aromatic nitrogens is 3. The molecule has 1 fully saturated rings. The maximum atomic E-state index is 12.6. The highest BCUT2D eigenvalue weighted by molar-refractivity contribution is 5.94. The number of amides is 2. The summed E-state index contributed by atoms with van der Waals surface area (Å²) in [6.45, 7) is 5.16. The number of benzene rings is 1. The number of nitrogens with zero attached hydrogens (tertiary/aromatic N) is 5. The molecule has 1 aliphatic heterocycles. The quantitative estimate of drug-likeness (QED) is 0.789. The Hall–Kier alpha value is -2.70. The van der Waals surface area contributed by atoms with Crippen LogP contribution in [0.25, 0.3) is 0 Å². The molecule has 0 unspecified atom stereocenters. The molecule has 2 heterocycles. The molecule has 26 heavy (non-hydrogen) atoms. The molecule has 1 aromatic heterocycles. The number of aryl methyl sites for hydroxylation is 2. The standard InChI is InChI=1S/C19H25N5O2/c1-2-16-5-7-17(8-6-16)19(26)23-12-10-22(11-13-23)18(25)4-3-9-24-15-20-14-21-24/h5-8,14-15H,2-4,9-13H2,1H3. The van der Waals surface area contributed by atoms with Crippen LogP contribution in [-0.4, -0.2) is 62.6 Å². The summed E-state index contributed by atoms with van der Waals surface area (Å²) in [5.74, 6) is 0.190. The van der Waals surface area contributed by atoms with Crippen LogP contribution in [0.1, 0.15) is 35.7 Å². The third-order valence-corrected chi connectivity index (χ3v) is 4.77. The second kappa shape index (κ2) is 8.60. The van der Waals surface area contributed by atoms with Crippen LogP contribution in [0.5, 0.6) is 0 Å². The molecule has 3 rings (SSSR count). The van der Waals surface area contributed by atoms with Gasteiger partial charge in [-0.1, -0.05) is 19.1 Å². The zero-order valence-corrected chi connectivity index (χ0v) is 15.2. The van der Waals surface area contributed by atoms with Crippen LogP contribution < -0.4 is 0 Å². The number of rotatable bonds is 6. The van der Waals surface area contributed by atoms with E-state index < -0.39 is 0 Å². The first-order valence-corrected chi connectivity index (χ1v) is 9.15. The molecule has 0 atom stereocenters. The van der Waals surface area contributed by atoms with Gasteiger partial charge in [0.15, 0.2) is 0 Å². The fourth-order valence-corrected chi connectivity index (χ4v) is 3.12. The summed E-state index contributed by atoms with van der Waals surface area (Å²) in [6.07, 6.45) is 5.35. The van der Waals surface area contributed by atoms with Gasteiger partial charge >= 0.3 is 0 Å². The van der Waals surface area contributed by atoms with Gasteiger partial charge in [-0.05, 0) is 30.5 Å². The first-order valence-electron chi connectivity index (χ1n) is 9.15. The van der Waals surface area contributed by atoms with E-state index in [1.165, 1.54) is 11.9 Å². The Kier molecular flexibility index (Phi) is 5.99. The smallest absolute Gasteiger partial charge is 0.253 e. The minimum absolute atomic E-state index is 0.0472. The minimum atomic E-state index is 0.0472. The van der Waals surface area contributed by atoms with E-state index in [1.54, 1.807) is 11.0 Å². The van der Waals surface area contributed by atoms with Crippen LogP contribution >= 0.6 is 0 Å². The number of carbonyl (C=O) groups is 2. The highest BCUT2D eigenvalue weighted by atomic mass is 16.2. The lowest BCUT2D eigenvalue weighted by atomic mass is 10.1. The lowest BCUT2D eigenvalue weighted by Crippen LogP contribution is -2.50. The Balaban J connectivity index is 1.44. The Bertz CT molecular complexity index is 719. The zero-order chi connectivity index (χ0) is 18.4. The molecule has 0 N–H and O–H groups in total. The topological polar surface area (TPSA) is 71.3 Å².